The van der Waals surface area contributed by atoms with E-state index in [1.54, 1.807) is 0 Å². The highest BCUT2D eigenvalue weighted by Crippen LogP contribution is 2.51. The van der Waals surface area contributed by atoms with Crippen LogP contribution in [0.3, 0.4) is 0 Å². The molecular weight excluding hydrogens is 652 g/mol. The molecule has 2 heterocycles. The van der Waals surface area contributed by atoms with Crippen LogP contribution in [0.1, 0.15) is 25.0 Å². The summed E-state index contributed by atoms with van der Waals surface area (Å²) in [6.07, 6.45) is 1.91. The third-order valence-corrected chi connectivity index (χ3v) is 14.2. The maximum Gasteiger partial charge on any atom is 0.171 e. The highest BCUT2D eigenvalue weighted by Gasteiger charge is 2.36. The lowest BCUT2D eigenvalue weighted by atomic mass is 9.82. The van der Waals surface area contributed by atoms with Crippen LogP contribution in [0.5, 0.6) is 0 Å². The topological polar surface area (TPSA) is 34.9 Å². The lowest BCUT2D eigenvalue weighted by molar-refractivity contribution is 0.592. The lowest BCUT2D eigenvalue weighted by Gasteiger charge is -2.22. The van der Waals surface area contributed by atoms with Gasteiger partial charge in [-0.25, -0.2) is 0 Å². The molecule has 9 aromatic rings. The summed E-state index contributed by atoms with van der Waals surface area (Å²) in [6, 6.07) is 59.1. The largest absolute Gasteiger partial charge is 0.309 e. The number of benzene rings is 7. The summed E-state index contributed by atoms with van der Waals surface area (Å²) in [5.41, 5.74) is 10.4. The number of fused-ring (bicyclic) bond motifs is 7. The molecular formula is C48H35N2OP. The van der Waals surface area contributed by atoms with Crippen molar-refractivity contribution in [2.75, 3.05) is 0 Å². The van der Waals surface area contributed by atoms with E-state index < -0.39 is 7.14 Å². The predicted molar refractivity (Wildman–Crippen MR) is 218 cm³/mol. The van der Waals surface area contributed by atoms with Gasteiger partial charge in [0.1, 0.15) is 0 Å². The van der Waals surface area contributed by atoms with Crippen molar-refractivity contribution in [1.29, 1.82) is 0 Å². The second kappa shape index (κ2) is 11.5. The van der Waals surface area contributed by atoms with Crippen molar-refractivity contribution in [3.05, 3.63) is 187 Å². The van der Waals surface area contributed by atoms with Gasteiger partial charge in [-0.2, -0.15) is 0 Å². The molecule has 1 unspecified atom stereocenters. The predicted octanol–water partition coefficient (Wildman–Crippen LogP) is 10.9. The van der Waals surface area contributed by atoms with E-state index in [1.165, 1.54) is 38.5 Å². The fourth-order valence-electron chi connectivity index (χ4n) is 8.44. The quantitative estimate of drug-likeness (QED) is 0.169. The molecule has 0 aliphatic heterocycles. The molecule has 0 radical (unpaired) electrons. The van der Waals surface area contributed by atoms with Crippen LogP contribution in [-0.2, 0) is 9.98 Å². The van der Waals surface area contributed by atoms with E-state index in [9.17, 15) is 0 Å². The van der Waals surface area contributed by atoms with E-state index in [4.69, 9.17) is 4.98 Å². The monoisotopic (exact) mass is 686 g/mol. The summed E-state index contributed by atoms with van der Waals surface area (Å²) in [5.74, 6) is 0. The van der Waals surface area contributed by atoms with Crippen LogP contribution in [0.4, 0.5) is 0 Å². The Balaban J connectivity index is 1.12. The molecule has 0 spiro atoms. The van der Waals surface area contributed by atoms with Crippen LogP contribution in [0, 0.1) is 0 Å². The van der Waals surface area contributed by atoms with Crippen molar-refractivity contribution >= 4 is 55.6 Å². The van der Waals surface area contributed by atoms with Gasteiger partial charge in [-0.05, 0) is 82.2 Å². The van der Waals surface area contributed by atoms with Gasteiger partial charge in [-0.15, -0.1) is 0 Å². The molecule has 4 heteroatoms. The second-order valence-electron chi connectivity index (χ2n) is 14.4. The van der Waals surface area contributed by atoms with Crippen molar-refractivity contribution in [2.24, 2.45) is 0 Å². The highest BCUT2D eigenvalue weighted by atomic mass is 31.2. The van der Waals surface area contributed by atoms with E-state index in [-0.39, 0.29) is 5.41 Å². The van der Waals surface area contributed by atoms with E-state index >= 15 is 4.57 Å². The molecule has 1 aliphatic carbocycles. The minimum absolute atomic E-state index is 0.107. The Kier molecular flexibility index (Phi) is 6.81. The van der Waals surface area contributed by atoms with E-state index in [2.05, 4.69) is 134 Å². The number of pyridine rings is 1. The van der Waals surface area contributed by atoms with Crippen LogP contribution >= 0.6 is 7.14 Å². The summed E-state index contributed by atoms with van der Waals surface area (Å²) >= 11 is 0. The van der Waals surface area contributed by atoms with Gasteiger partial charge < -0.3 is 9.13 Å². The van der Waals surface area contributed by atoms with E-state index in [1.807, 2.05) is 60.8 Å². The first kappa shape index (κ1) is 30.8. The Bertz CT molecular complexity index is 2900. The van der Waals surface area contributed by atoms with Gasteiger partial charge in [0.05, 0.1) is 16.7 Å². The van der Waals surface area contributed by atoms with Crippen molar-refractivity contribution in [3.63, 3.8) is 0 Å². The zero-order valence-corrected chi connectivity index (χ0v) is 29.9. The molecule has 0 saturated heterocycles. The number of nitrogens with zero attached hydrogens (tertiary/aromatic N) is 2. The number of hydrogen-bond acceptors (Lipinski definition) is 2. The van der Waals surface area contributed by atoms with Gasteiger partial charge in [0.25, 0.3) is 0 Å². The molecule has 0 N–H and O–H groups in total. The number of hydrogen-bond donors (Lipinski definition) is 0. The Labute approximate surface area is 303 Å². The van der Waals surface area contributed by atoms with Crippen molar-refractivity contribution in [1.82, 2.24) is 9.55 Å². The molecule has 1 aliphatic rings. The smallest absolute Gasteiger partial charge is 0.171 e. The minimum atomic E-state index is -3.26. The molecule has 248 valence electrons. The molecule has 0 bridgehead atoms. The van der Waals surface area contributed by atoms with Gasteiger partial charge in [0.15, 0.2) is 7.14 Å². The first-order valence-electron chi connectivity index (χ1n) is 17.8. The SMILES string of the molecule is CC1(C)c2ccccc2-c2cc3c4ccccc4n(-c4ccc(P(=O)(c5ccccc5)c5cccc(-c6cc7ccccc7cn6)c5)cc4)c3cc21. The van der Waals surface area contributed by atoms with Crippen molar-refractivity contribution in [3.8, 4) is 28.1 Å². The van der Waals surface area contributed by atoms with Crippen LogP contribution in [0.25, 0.3) is 60.6 Å². The Morgan fingerprint density at radius 3 is 2.06 bits per heavy atom. The number of aromatic nitrogens is 2. The molecule has 7 aromatic carbocycles. The summed E-state index contributed by atoms with van der Waals surface area (Å²) in [5, 5.41) is 7.07. The summed E-state index contributed by atoms with van der Waals surface area (Å²) in [4.78, 5) is 4.79. The zero-order valence-electron chi connectivity index (χ0n) is 29.0. The van der Waals surface area contributed by atoms with Gasteiger partial charge in [-0.3, -0.25) is 4.98 Å². The molecule has 1 atom stereocenters. The first-order valence-corrected chi connectivity index (χ1v) is 19.5. The van der Waals surface area contributed by atoms with Gasteiger partial charge in [-0.1, -0.05) is 129 Å². The minimum Gasteiger partial charge on any atom is -0.309 e. The lowest BCUT2D eigenvalue weighted by Crippen LogP contribution is -2.25. The van der Waals surface area contributed by atoms with Gasteiger partial charge in [0.2, 0.25) is 0 Å². The second-order valence-corrected chi connectivity index (χ2v) is 17.1. The van der Waals surface area contributed by atoms with Crippen molar-refractivity contribution in [2.45, 2.75) is 19.3 Å². The standard InChI is InChI=1S/C48H35N2OP/c1-48(2)43-21-10-8-19-39(43)41-29-42-40-20-9-11-22-46(40)50(47(42)30-44(41)48)35-23-25-37(26-24-35)52(51,36-16-4-3-5-17-36)38-18-12-15-33(27-38)45-28-32-13-6-7-14-34(32)31-49-45/h3-31H,1-2H3. The average molecular weight is 687 g/mol. The molecule has 0 fully saturated rings. The molecule has 0 amide bonds. The van der Waals surface area contributed by atoms with Crippen LogP contribution in [0.15, 0.2) is 176 Å². The van der Waals surface area contributed by atoms with Crippen LogP contribution in [-0.4, -0.2) is 9.55 Å². The average Bonchev–Trinajstić information content (AvgIpc) is 3.65. The fraction of sp³-hybridized carbons (Fsp3) is 0.0625. The van der Waals surface area contributed by atoms with Gasteiger partial charge >= 0.3 is 0 Å². The summed E-state index contributed by atoms with van der Waals surface area (Å²) in [6.45, 7) is 4.66. The molecule has 52 heavy (non-hydrogen) atoms. The summed E-state index contributed by atoms with van der Waals surface area (Å²) < 4.78 is 18.1. The molecule has 10 rings (SSSR count). The van der Waals surface area contributed by atoms with Crippen LogP contribution < -0.4 is 15.9 Å². The van der Waals surface area contributed by atoms with Crippen molar-refractivity contribution < 1.29 is 4.57 Å². The highest BCUT2D eigenvalue weighted by molar-refractivity contribution is 7.85. The first-order chi connectivity index (χ1) is 25.4. The normalized spacial score (nSPS) is 14.3. The number of para-hydroxylation sites is 1. The summed E-state index contributed by atoms with van der Waals surface area (Å²) in [7, 11) is -3.26. The molecule has 0 saturated carbocycles. The maximum atomic E-state index is 15.7. The molecule has 3 nitrogen and oxygen atoms in total. The number of rotatable bonds is 5. The molecule has 2 aromatic heterocycles. The maximum absolute atomic E-state index is 15.7. The Morgan fingerprint density at radius 2 is 1.21 bits per heavy atom. The third kappa shape index (κ3) is 4.53. The van der Waals surface area contributed by atoms with Crippen LogP contribution in [0.2, 0.25) is 0 Å². The van der Waals surface area contributed by atoms with Gasteiger partial charge in [0, 0.05) is 54.9 Å². The third-order valence-electron chi connectivity index (χ3n) is 11.1. The fourth-order valence-corrected chi connectivity index (χ4v) is 11.1. The van der Waals surface area contributed by atoms with E-state index in [0.717, 1.165) is 49.1 Å². The zero-order chi connectivity index (χ0) is 35.0. The van der Waals surface area contributed by atoms with E-state index in [0.29, 0.717) is 0 Å². The Morgan fingerprint density at radius 1 is 0.519 bits per heavy atom. The Hall–Kier alpha value is -6.02.